The molecule has 100 valence electrons. The fourth-order valence-corrected chi connectivity index (χ4v) is 2.06. The third-order valence-corrected chi connectivity index (χ3v) is 3.13. The van der Waals surface area contributed by atoms with Crippen molar-refractivity contribution in [3.63, 3.8) is 0 Å². The van der Waals surface area contributed by atoms with E-state index in [0.29, 0.717) is 18.5 Å². The number of carbonyl (C=O) groups excluding carboxylic acids is 1. The Balaban J connectivity index is 2.28. The highest BCUT2D eigenvalue weighted by molar-refractivity contribution is 5.79. The molecule has 0 aliphatic carbocycles. The summed E-state index contributed by atoms with van der Waals surface area (Å²) in [6.45, 7) is 2.31. The summed E-state index contributed by atoms with van der Waals surface area (Å²) < 4.78 is 0. The maximum Gasteiger partial charge on any atom is 0.253 e. The van der Waals surface area contributed by atoms with E-state index in [2.05, 4.69) is 4.98 Å². The van der Waals surface area contributed by atoms with Gasteiger partial charge in [0.15, 0.2) is 0 Å². The number of fused-ring (bicyclic) bond motifs is 1. The van der Waals surface area contributed by atoms with Gasteiger partial charge < -0.3 is 9.88 Å². The van der Waals surface area contributed by atoms with Crippen LogP contribution in [0, 0.1) is 0 Å². The Morgan fingerprint density at radius 1 is 1.32 bits per heavy atom. The lowest BCUT2D eigenvalue weighted by Gasteiger charge is -2.16. The average molecular weight is 258 g/mol. The van der Waals surface area contributed by atoms with Gasteiger partial charge in [-0.05, 0) is 23.9 Å². The second-order valence-corrected chi connectivity index (χ2v) is 4.71. The van der Waals surface area contributed by atoms with E-state index in [-0.39, 0.29) is 11.5 Å². The minimum atomic E-state index is -0.130. The lowest BCUT2D eigenvalue weighted by Crippen LogP contribution is -2.28. The van der Waals surface area contributed by atoms with Gasteiger partial charge in [-0.3, -0.25) is 9.59 Å². The molecule has 0 fully saturated rings. The summed E-state index contributed by atoms with van der Waals surface area (Å²) >= 11 is 0. The van der Waals surface area contributed by atoms with Crippen LogP contribution < -0.4 is 5.56 Å². The number of hydrogen-bond donors (Lipinski definition) is 1. The van der Waals surface area contributed by atoms with E-state index in [1.807, 2.05) is 37.3 Å². The molecule has 1 aromatic carbocycles. The topological polar surface area (TPSA) is 53.2 Å². The van der Waals surface area contributed by atoms with Crippen LogP contribution in [0.2, 0.25) is 0 Å². The van der Waals surface area contributed by atoms with Crippen LogP contribution in [0.3, 0.4) is 0 Å². The number of pyridine rings is 1. The second kappa shape index (κ2) is 5.69. The molecule has 4 nitrogen and oxygen atoms in total. The summed E-state index contributed by atoms with van der Waals surface area (Å²) in [7, 11) is 1.73. The Labute approximate surface area is 112 Å². The quantitative estimate of drug-likeness (QED) is 0.914. The normalized spacial score (nSPS) is 10.6. The van der Waals surface area contributed by atoms with Gasteiger partial charge in [0.2, 0.25) is 5.91 Å². The summed E-state index contributed by atoms with van der Waals surface area (Å²) in [6.07, 6.45) is 1.33. The second-order valence-electron chi connectivity index (χ2n) is 4.71. The molecular weight excluding hydrogens is 240 g/mol. The Kier molecular flexibility index (Phi) is 4.00. The molecule has 0 atom stereocenters. The minimum Gasteiger partial charge on any atom is -0.341 e. The lowest BCUT2D eigenvalue weighted by atomic mass is 10.1. The van der Waals surface area contributed by atoms with Crippen LogP contribution in [0.15, 0.2) is 35.1 Å². The number of rotatable bonds is 4. The largest absolute Gasteiger partial charge is 0.341 e. The van der Waals surface area contributed by atoms with Gasteiger partial charge in [0.25, 0.3) is 5.56 Å². The predicted octanol–water partition coefficient (Wildman–Crippen LogP) is 2.29. The first-order valence-corrected chi connectivity index (χ1v) is 6.46. The van der Waals surface area contributed by atoms with Crippen LogP contribution in [-0.4, -0.2) is 22.8 Å². The van der Waals surface area contributed by atoms with E-state index in [0.717, 1.165) is 17.3 Å². The molecule has 1 amide bonds. The van der Waals surface area contributed by atoms with Crippen molar-refractivity contribution in [1.82, 2.24) is 9.88 Å². The van der Waals surface area contributed by atoms with Gasteiger partial charge >= 0.3 is 0 Å². The summed E-state index contributed by atoms with van der Waals surface area (Å²) in [4.78, 5) is 28.1. The number of aromatic nitrogens is 1. The number of amides is 1. The fourth-order valence-electron chi connectivity index (χ4n) is 2.06. The number of H-pyrrole nitrogens is 1. The maximum atomic E-state index is 12.0. The highest BCUT2D eigenvalue weighted by atomic mass is 16.2. The Morgan fingerprint density at radius 2 is 2.05 bits per heavy atom. The molecule has 0 spiro atoms. The third-order valence-electron chi connectivity index (χ3n) is 3.13. The van der Waals surface area contributed by atoms with E-state index in [1.54, 1.807) is 11.9 Å². The molecular formula is C15H18N2O2. The Morgan fingerprint density at radius 3 is 2.79 bits per heavy atom. The number of aromatic amines is 1. The van der Waals surface area contributed by atoms with Crippen molar-refractivity contribution in [2.24, 2.45) is 0 Å². The van der Waals surface area contributed by atoms with Gasteiger partial charge in [0, 0.05) is 24.5 Å². The van der Waals surface area contributed by atoms with Gasteiger partial charge in [-0.25, -0.2) is 0 Å². The van der Waals surface area contributed by atoms with Crippen LogP contribution in [0.25, 0.3) is 10.9 Å². The molecule has 0 aliphatic rings. The zero-order valence-electron chi connectivity index (χ0n) is 11.3. The molecule has 4 heteroatoms. The first-order valence-electron chi connectivity index (χ1n) is 6.46. The summed E-state index contributed by atoms with van der Waals surface area (Å²) in [5.41, 5.74) is 1.30. The third kappa shape index (κ3) is 3.02. The molecule has 0 aliphatic heterocycles. The van der Waals surface area contributed by atoms with Gasteiger partial charge in [-0.15, -0.1) is 0 Å². The van der Waals surface area contributed by atoms with E-state index in [4.69, 9.17) is 0 Å². The standard InChI is InChI=1S/C15H18N2O2/c1-3-6-14(18)17(2)10-12-9-11-7-4-5-8-13(11)16-15(12)19/h4-5,7-9H,3,6,10H2,1-2H3,(H,16,19). The molecule has 2 rings (SSSR count). The van der Waals surface area contributed by atoms with Crippen LogP contribution in [0.4, 0.5) is 0 Å². The summed E-state index contributed by atoms with van der Waals surface area (Å²) in [5, 5.41) is 0.980. The van der Waals surface area contributed by atoms with E-state index < -0.39 is 0 Å². The maximum absolute atomic E-state index is 12.0. The molecule has 19 heavy (non-hydrogen) atoms. The monoisotopic (exact) mass is 258 g/mol. The van der Waals surface area contributed by atoms with Crippen molar-refractivity contribution in [1.29, 1.82) is 0 Å². The van der Waals surface area contributed by atoms with Crippen molar-refractivity contribution in [3.05, 3.63) is 46.2 Å². The number of nitrogens with zero attached hydrogens (tertiary/aromatic N) is 1. The molecule has 1 heterocycles. The highest BCUT2D eigenvalue weighted by Gasteiger charge is 2.10. The Hall–Kier alpha value is -2.10. The first kappa shape index (κ1) is 13.3. The van der Waals surface area contributed by atoms with Crippen LogP contribution in [-0.2, 0) is 11.3 Å². The van der Waals surface area contributed by atoms with Crippen molar-refractivity contribution in [2.45, 2.75) is 26.3 Å². The Bertz CT molecular complexity index is 646. The van der Waals surface area contributed by atoms with Gasteiger partial charge in [-0.1, -0.05) is 25.1 Å². The zero-order valence-corrected chi connectivity index (χ0v) is 11.3. The molecule has 2 aromatic rings. The molecule has 0 radical (unpaired) electrons. The van der Waals surface area contributed by atoms with E-state index >= 15 is 0 Å². The van der Waals surface area contributed by atoms with Crippen LogP contribution in [0.5, 0.6) is 0 Å². The highest BCUT2D eigenvalue weighted by Crippen LogP contribution is 2.11. The average Bonchev–Trinajstić information content (AvgIpc) is 2.39. The molecule has 0 saturated carbocycles. The zero-order chi connectivity index (χ0) is 13.8. The number of nitrogens with one attached hydrogen (secondary N) is 1. The van der Waals surface area contributed by atoms with Crippen molar-refractivity contribution >= 4 is 16.8 Å². The fraction of sp³-hybridized carbons (Fsp3) is 0.333. The summed E-state index contributed by atoms with van der Waals surface area (Å²) in [6, 6.07) is 9.48. The number of hydrogen-bond acceptors (Lipinski definition) is 2. The molecule has 0 bridgehead atoms. The SMILES string of the molecule is CCCC(=O)N(C)Cc1cc2ccccc2[nH]c1=O. The number of para-hydroxylation sites is 1. The van der Waals surface area contributed by atoms with Crippen molar-refractivity contribution < 1.29 is 4.79 Å². The smallest absolute Gasteiger partial charge is 0.253 e. The summed E-state index contributed by atoms with van der Waals surface area (Å²) in [5.74, 6) is 0.0649. The van der Waals surface area contributed by atoms with Gasteiger partial charge in [-0.2, -0.15) is 0 Å². The van der Waals surface area contributed by atoms with Crippen molar-refractivity contribution in [3.8, 4) is 0 Å². The van der Waals surface area contributed by atoms with Gasteiger partial charge in [0.1, 0.15) is 0 Å². The van der Waals surface area contributed by atoms with E-state index in [1.165, 1.54) is 0 Å². The predicted molar refractivity (Wildman–Crippen MR) is 76.0 cm³/mol. The van der Waals surface area contributed by atoms with Crippen molar-refractivity contribution in [2.75, 3.05) is 7.05 Å². The molecule has 0 unspecified atom stereocenters. The lowest BCUT2D eigenvalue weighted by molar-refractivity contribution is -0.130. The number of carbonyl (C=O) groups is 1. The van der Waals surface area contributed by atoms with Crippen LogP contribution >= 0.6 is 0 Å². The van der Waals surface area contributed by atoms with Crippen LogP contribution in [0.1, 0.15) is 25.3 Å². The van der Waals surface area contributed by atoms with Gasteiger partial charge in [0.05, 0.1) is 6.54 Å². The number of benzene rings is 1. The molecule has 0 saturated heterocycles. The molecule has 1 aromatic heterocycles. The minimum absolute atomic E-state index is 0.0649. The van der Waals surface area contributed by atoms with E-state index in [9.17, 15) is 9.59 Å². The first-order chi connectivity index (χ1) is 9.11. The molecule has 1 N–H and O–H groups in total.